The third-order valence-electron chi connectivity index (χ3n) is 4.13. The fraction of sp³-hybridized carbons (Fsp3) is 0.556. The van der Waals surface area contributed by atoms with Crippen LogP contribution in [0, 0.1) is 5.92 Å². The molecule has 1 aliphatic carbocycles. The number of carbonyl (C=O) groups is 2. The van der Waals surface area contributed by atoms with Crippen LogP contribution in [0.2, 0.25) is 0 Å². The van der Waals surface area contributed by atoms with Crippen molar-refractivity contribution in [3.05, 3.63) is 35.9 Å². The number of carbonyl (C=O) groups excluding carboxylic acids is 2. The van der Waals surface area contributed by atoms with E-state index in [9.17, 15) is 9.59 Å². The molecule has 1 aromatic carbocycles. The fourth-order valence-corrected chi connectivity index (χ4v) is 4.14. The van der Waals surface area contributed by atoms with Crippen LogP contribution >= 0.6 is 11.8 Å². The Balaban J connectivity index is 2.01. The van der Waals surface area contributed by atoms with Crippen LogP contribution in [0.25, 0.3) is 0 Å². The summed E-state index contributed by atoms with van der Waals surface area (Å²) in [6.45, 7) is 2.08. The van der Waals surface area contributed by atoms with E-state index in [2.05, 4.69) is 6.92 Å². The van der Waals surface area contributed by atoms with Gasteiger partial charge in [0.15, 0.2) is 0 Å². The summed E-state index contributed by atoms with van der Waals surface area (Å²) in [6.07, 6.45) is 7.34. The van der Waals surface area contributed by atoms with Crippen molar-refractivity contribution < 1.29 is 9.59 Å². The van der Waals surface area contributed by atoms with Crippen molar-refractivity contribution in [1.82, 2.24) is 0 Å². The van der Waals surface area contributed by atoms with Crippen molar-refractivity contribution in [2.45, 2.75) is 57.1 Å². The highest BCUT2D eigenvalue weighted by Crippen LogP contribution is 2.31. The van der Waals surface area contributed by atoms with Gasteiger partial charge in [-0.05, 0) is 19.3 Å². The molecule has 0 radical (unpaired) electrons. The monoisotopic (exact) mass is 304 g/mol. The van der Waals surface area contributed by atoms with Gasteiger partial charge in [-0.2, -0.15) is 0 Å². The highest BCUT2D eigenvalue weighted by Gasteiger charge is 2.29. The summed E-state index contributed by atoms with van der Waals surface area (Å²) in [5.41, 5.74) is 0.694. The summed E-state index contributed by atoms with van der Waals surface area (Å²) < 4.78 is 0. The molecule has 1 atom stereocenters. The Morgan fingerprint density at radius 1 is 1.14 bits per heavy atom. The predicted molar refractivity (Wildman–Crippen MR) is 88.6 cm³/mol. The van der Waals surface area contributed by atoms with Crippen LogP contribution in [-0.2, 0) is 4.79 Å². The summed E-state index contributed by atoms with van der Waals surface area (Å²) in [5, 5.41) is -0.135. The lowest BCUT2D eigenvalue weighted by atomic mass is 9.84. The van der Waals surface area contributed by atoms with Gasteiger partial charge in [-0.1, -0.05) is 74.7 Å². The molecule has 0 saturated heterocycles. The van der Waals surface area contributed by atoms with Gasteiger partial charge in [0, 0.05) is 11.5 Å². The predicted octanol–water partition coefficient (Wildman–Crippen LogP) is 4.88. The first kappa shape index (κ1) is 16.3. The van der Waals surface area contributed by atoms with Gasteiger partial charge in [0.1, 0.15) is 5.78 Å². The molecule has 2 rings (SSSR count). The average Bonchev–Trinajstić information content (AvgIpc) is 2.55. The maximum atomic E-state index is 12.7. The molecule has 3 heteroatoms. The zero-order valence-corrected chi connectivity index (χ0v) is 13.5. The van der Waals surface area contributed by atoms with E-state index in [1.165, 1.54) is 18.2 Å². The number of thioether (sulfide) groups is 1. The first-order valence-corrected chi connectivity index (χ1v) is 8.90. The molecule has 1 unspecified atom stereocenters. The molecule has 1 fully saturated rings. The highest BCUT2D eigenvalue weighted by molar-refractivity contribution is 8.15. The van der Waals surface area contributed by atoms with E-state index < -0.39 is 0 Å². The van der Waals surface area contributed by atoms with Gasteiger partial charge < -0.3 is 0 Å². The van der Waals surface area contributed by atoms with Gasteiger partial charge in [-0.15, -0.1) is 0 Å². The van der Waals surface area contributed by atoms with Crippen molar-refractivity contribution in [2.75, 3.05) is 0 Å². The minimum absolute atomic E-state index is 0.0261. The van der Waals surface area contributed by atoms with Crippen LogP contribution in [0.3, 0.4) is 0 Å². The van der Waals surface area contributed by atoms with Crippen LogP contribution in [0.5, 0.6) is 0 Å². The molecule has 0 bridgehead atoms. The van der Waals surface area contributed by atoms with Gasteiger partial charge in [-0.25, -0.2) is 0 Å². The lowest BCUT2D eigenvalue weighted by molar-refractivity contribution is -0.123. The Hall–Kier alpha value is -1.09. The first-order valence-electron chi connectivity index (χ1n) is 8.02. The highest BCUT2D eigenvalue weighted by atomic mass is 32.2. The normalized spacial score (nSPS) is 17.4. The maximum absolute atomic E-state index is 12.7. The Kier molecular flexibility index (Phi) is 6.50. The van der Waals surface area contributed by atoms with Gasteiger partial charge in [0.2, 0.25) is 5.12 Å². The second-order valence-electron chi connectivity index (χ2n) is 5.79. The van der Waals surface area contributed by atoms with Crippen LogP contribution in [0.1, 0.15) is 62.2 Å². The van der Waals surface area contributed by atoms with E-state index in [1.807, 2.05) is 30.3 Å². The Morgan fingerprint density at radius 2 is 1.81 bits per heavy atom. The molecule has 1 aliphatic rings. The van der Waals surface area contributed by atoms with Crippen molar-refractivity contribution in [3.63, 3.8) is 0 Å². The van der Waals surface area contributed by atoms with Crippen LogP contribution in [0.4, 0.5) is 0 Å². The molecule has 0 aromatic heterocycles. The first-order chi connectivity index (χ1) is 10.2. The van der Waals surface area contributed by atoms with Gasteiger partial charge in [0.05, 0.1) is 5.25 Å². The topological polar surface area (TPSA) is 34.1 Å². The van der Waals surface area contributed by atoms with Gasteiger partial charge in [0.25, 0.3) is 0 Å². The molecular formula is C18H24O2S. The molecule has 114 valence electrons. The van der Waals surface area contributed by atoms with Gasteiger partial charge >= 0.3 is 0 Å². The van der Waals surface area contributed by atoms with E-state index in [0.717, 1.165) is 38.5 Å². The van der Waals surface area contributed by atoms with E-state index in [0.29, 0.717) is 11.3 Å². The Bertz CT molecular complexity index is 463. The third-order valence-corrected chi connectivity index (χ3v) is 5.34. The molecule has 0 amide bonds. The molecule has 21 heavy (non-hydrogen) atoms. The number of hydrogen-bond donors (Lipinski definition) is 0. The SMILES string of the molecule is CCCC(SC(=O)c1ccccc1)C(=O)C1CCCCC1. The molecule has 1 aromatic rings. The minimum atomic E-state index is -0.161. The fourth-order valence-electron chi connectivity index (χ4n) is 2.94. The lowest BCUT2D eigenvalue weighted by Gasteiger charge is -2.24. The molecular weight excluding hydrogens is 280 g/mol. The Morgan fingerprint density at radius 3 is 2.43 bits per heavy atom. The lowest BCUT2D eigenvalue weighted by Crippen LogP contribution is -2.28. The van der Waals surface area contributed by atoms with Crippen molar-refractivity contribution in [3.8, 4) is 0 Å². The maximum Gasteiger partial charge on any atom is 0.220 e. The summed E-state index contributed by atoms with van der Waals surface area (Å²) >= 11 is 1.24. The molecule has 0 N–H and O–H groups in total. The molecule has 0 heterocycles. The third kappa shape index (κ3) is 4.70. The van der Waals surface area contributed by atoms with E-state index in [1.54, 1.807) is 0 Å². The smallest absolute Gasteiger partial charge is 0.220 e. The van der Waals surface area contributed by atoms with Crippen molar-refractivity contribution in [1.29, 1.82) is 0 Å². The van der Waals surface area contributed by atoms with Crippen LogP contribution in [-0.4, -0.2) is 16.1 Å². The number of Topliss-reactive ketones (excluding diaryl/α,β-unsaturated/α-hetero) is 1. The molecule has 2 nitrogen and oxygen atoms in total. The zero-order valence-electron chi connectivity index (χ0n) is 12.7. The second kappa shape index (κ2) is 8.38. The van der Waals surface area contributed by atoms with E-state index >= 15 is 0 Å². The summed E-state index contributed by atoms with van der Waals surface area (Å²) in [4.78, 5) is 25.0. The number of ketones is 1. The number of benzene rings is 1. The number of hydrogen-bond acceptors (Lipinski definition) is 3. The second-order valence-corrected chi connectivity index (χ2v) is 6.96. The number of rotatable bonds is 6. The minimum Gasteiger partial charge on any atom is -0.298 e. The molecule has 0 aliphatic heterocycles. The van der Waals surface area contributed by atoms with Gasteiger partial charge in [-0.3, -0.25) is 9.59 Å². The summed E-state index contributed by atoms with van der Waals surface area (Å²) in [5.74, 6) is 0.497. The van der Waals surface area contributed by atoms with Crippen LogP contribution < -0.4 is 0 Å². The summed E-state index contributed by atoms with van der Waals surface area (Å²) in [7, 11) is 0. The largest absolute Gasteiger partial charge is 0.298 e. The quantitative estimate of drug-likeness (QED) is 0.751. The van der Waals surface area contributed by atoms with Crippen molar-refractivity contribution >= 4 is 22.7 Å². The van der Waals surface area contributed by atoms with E-state index in [-0.39, 0.29) is 16.3 Å². The summed E-state index contributed by atoms with van der Waals surface area (Å²) in [6, 6.07) is 9.28. The Labute approximate surface area is 131 Å². The standard InChI is InChI=1S/C18H24O2S/c1-2-9-16(17(19)14-10-5-3-6-11-14)21-18(20)15-12-7-4-8-13-15/h4,7-8,12-14,16H,2-3,5-6,9-11H2,1H3. The van der Waals surface area contributed by atoms with E-state index in [4.69, 9.17) is 0 Å². The zero-order chi connectivity index (χ0) is 15.1. The van der Waals surface area contributed by atoms with Crippen LogP contribution in [0.15, 0.2) is 30.3 Å². The van der Waals surface area contributed by atoms with Crippen molar-refractivity contribution in [2.24, 2.45) is 5.92 Å². The molecule has 1 saturated carbocycles. The molecule has 0 spiro atoms. The average molecular weight is 304 g/mol.